The minimum absolute atomic E-state index is 0.545. The smallest absolute Gasteiger partial charge is 0.128 e. The van der Waals surface area contributed by atoms with Gasteiger partial charge in [0.05, 0.1) is 0 Å². The summed E-state index contributed by atoms with van der Waals surface area (Å²) >= 11 is 3.32. The molecule has 0 N–H and O–H groups in total. The lowest BCUT2D eigenvalue weighted by Gasteiger charge is -2.02. The molecule has 2 nitrogen and oxygen atoms in total. The van der Waals surface area contributed by atoms with Crippen molar-refractivity contribution in [2.24, 2.45) is 7.05 Å². The van der Waals surface area contributed by atoms with E-state index in [0.717, 1.165) is 4.60 Å². The second kappa shape index (κ2) is 2.74. The molecule has 0 aliphatic rings. The quantitative estimate of drug-likeness (QED) is 0.684. The lowest BCUT2D eigenvalue weighted by atomic mass is 10.1. The lowest BCUT2D eigenvalue weighted by Crippen LogP contribution is -1.98. The average Bonchev–Trinajstić information content (AvgIpc) is 2.10. The van der Waals surface area contributed by atoms with Gasteiger partial charge in [-0.15, -0.1) is 0 Å². The van der Waals surface area contributed by atoms with Crippen LogP contribution in [0.1, 0.15) is 25.5 Å². The van der Waals surface area contributed by atoms with Gasteiger partial charge >= 0.3 is 0 Å². The summed E-state index contributed by atoms with van der Waals surface area (Å²) in [5.41, 5.74) is 1.26. The first-order valence-electron chi connectivity index (χ1n) is 3.30. The van der Waals surface area contributed by atoms with Gasteiger partial charge in [0.1, 0.15) is 4.60 Å². The van der Waals surface area contributed by atoms with Crippen LogP contribution < -0.4 is 0 Å². The molecule has 0 bridgehead atoms. The molecule has 0 radical (unpaired) electrons. The van der Waals surface area contributed by atoms with Gasteiger partial charge < -0.3 is 0 Å². The molecule has 0 aliphatic carbocycles. The van der Waals surface area contributed by atoms with Crippen molar-refractivity contribution in [3.8, 4) is 0 Å². The molecule has 0 saturated carbocycles. The van der Waals surface area contributed by atoms with Gasteiger partial charge in [0.15, 0.2) is 0 Å². The zero-order chi connectivity index (χ0) is 7.72. The molecule has 1 heterocycles. The minimum Gasteiger partial charge on any atom is -0.271 e. The van der Waals surface area contributed by atoms with E-state index in [1.54, 1.807) is 0 Å². The maximum absolute atomic E-state index is 4.17. The topological polar surface area (TPSA) is 17.8 Å². The summed E-state index contributed by atoms with van der Waals surface area (Å²) in [5, 5.41) is 4.17. The third kappa shape index (κ3) is 1.40. The number of hydrogen-bond acceptors (Lipinski definition) is 1. The van der Waals surface area contributed by atoms with Gasteiger partial charge in [-0.1, -0.05) is 13.8 Å². The molecule has 0 spiro atoms. The van der Waals surface area contributed by atoms with Crippen molar-refractivity contribution in [3.05, 3.63) is 16.4 Å². The second-order valence-electron chi connectivity index (χ2n) is 2.67. The Morgan fingerprint density at radius 1 is 1.60 bits per heavy atom. The van der Waals surface area contributed by atoms with Gasteiger partial charge in [0, 0.05) is 12.7 Å². The van der Waals surface area contributed by atoms with Crippen molar-refractivity contribution in [2.45, 2.75) is 19.8 Å². The van der Waals surface area contributed by atoms with E-state index < -0.39 is 0 Å². The maximum Gasteiger partial charge on any atom is 0.128 e. The first kappa shape index (κ1) is 7.79. The summed E-state index contributed by atoms with van der Waals surface area (Å²) in [7, 11) is 1.96. The molecule has 1 aromatic heterocycles. The van der Waals surface area contributed by atoms with Crippen LogP contribution in [0.15, 0.2) is 10.7 Å². The van der Waals surface area contributed by atoms with Gasteiger partial charge in [0.2, 0.25) is 0 Å². The van der Waals surface area contributed by atoms with Crippen LogP contribution in [0, 0.1) is 0 Å². The second-order valence-corrected chi connectivity index (χ2v) is 3.48. The zero-order valence-electron chi connectivity index (χ0n) is 6.43. The van der Waals surface area contributed by atoms with E-state index in [2.05, 4.69) is 34.9 Å². The van der Waals surface area contributed by atoms with E-state index in [1.807, 2.05) is 17.8 Å². The molecule has 0 saturated heterocycles. The Labute approximate surface area is 69.4 Å². The van der Waals surface area contributed by atoms with Gasteiger partial charge in [-0.05, 0) is 27.9 Å². The monoisotopic (exact) mass is 202 g/mol. The van der Waals surface area contributed by atoms with Crippen molar-refractivity contribution in [1.82, 2.24) is 9.78 Å². The van der Waals surface area contributed by atoms with Crippen molar-refractivity contribution in [3.63, 3.8) is 0 Å². The number of aromatic nitrogens is 2. The van der Waals surface area contributed by atoms with Crippen LogP contribution in [0.2, 0.25) is 0 Å². The van der Waals surface area contributed by atoms with Crippen molar-refractivity contribution in [2.75, 3.05) is 0 Å². The Morgan fingerprint density at radius 2 is 2.20 bits per heavy atom. The molecular weight excluding hydrogens is 192 g/mol. The molecule has 56 valence electrons. The van der Waals surface area contributed by atoms with E-state index in [-0.39, 0.29) is 0 Å². The molecule has 0 unspecified atom stereocenters. The molecule has 0 fully saturated rings. The molecule has 1 rings (SSSR count). The predicted octanol–water partition coefficient (Wildman–Crippen LogP) is 2.31. The van der Waals surface area contributed by atoms with Gasteiger partial charge in [-0.2, -0.15) is 5.10 Å². The normalized spacial score (nSPS) is 10.9. The van der Waals surface area contributed by atoms with E-state index in [1.165, 1.54) is 5.69 Å². The highest BCUT2D eigenvalue weighted by atomic mass is 79.9. The molecule has 1 aromatic rings. The Hall–Kier alpha value is -0.310. The van der Waals surface area contributed by atoms with Crippen LogP contribution in [0.3, 0.4) is 0 Å². The Morgan fingerprint density at radius 3 is 2.40 bits per heavy atom. The average molecular weight is 203 g/mol. The van der Waals surface area contributed by atoms with Crippen LogP contribution >= 0.6 is 15.9 Å². The van der Waals surface area contributed by atoms with Gasteiger partial charge in [-0.25, -0.2) is 0 Å². The highest BCUT2D eigenvalue weighted by Gasteiger charge is 2.05. The highest BCUT2D eigenvalue weighted by molar-refractivity contribution is 9.10. The number of nitrogens with zero attached hydrogens (tertiary/aromatic N) is 2. The molecule has 10 heavy (non-hydrogen) atoms. The van der Waals surface area contributed by atoms with Crippen LogP contribution in [-0.4, -0.2) is 9.78 Å². The van der Waals surface area contributed by atoms with Crippen LogP contribution in [-0.2, 0) is 7.05 Å². The fourth-order valence-electron chi connectivity index (χ4n) is 0.986. The number of hydrogen-bond donors (Lipinski definition) is 0. The molecule has 0 aliphatic heterocycles. The number of rotatable bonds is 1. The fourth-order valence-corrected chi connectivity index (χ4v) is 1.46. The third-order valence-electron chi connectivity index (χ3n) is 1.48. The van der Waals surface area contributed by atoms with Crippen LogP contribution in [0.5, 0.6) is 0 Å². The predicted molar refractivity (Wildman–Crippen MR) is 45.0 cm³/mol. The largest absolute Gasteiger partial charge is 0.271 e. The summed E-state index contributed by atoms with van der Waals surface area (Å²) in [6, 6.07) is 2.05. The molecule has 0 atom stereocenters. The van der Waals surface area contributed by atoms with Crippen LogP contribution in [0.4, 0.5) is 0 Å². The zero-order valence-corrected chi connectivity index (χ0v) is 8.01. The summed E-state index contributed by atoms with van der Waals surface area (Å²) in [5.74, 6) is 0.545. The Balaban J connectivity index is 3.03. The van der Waals surface area contributed by atoms with E-state index in [9.17, 15) is 0 Å². The SMILES string of the molecule is CC(C)c1cc(Br)nn1C. The van der Waals surface area contributed by atoms with Crippen LogP contribution in [0.25, 0.3) is 0 Å². The number of halogens is 1. The van der Waals surface area contributed by atoms with Crippen molar-refractivity contribution >= 4 is 15.9 Å². The van der Waals surface area contributed by atoms with E-state index in [4.69, 9.17) is 0 Å². The maximum atomic E-state index is 4.17. The molecule has 0 amide bonds. The lowest BCUT2D eigenvalue weighted by molar-refractivity contribution is 0.667. The first-order chi connectivity index (χ1) is 4.61. The third-order valence-corrected chi connectivity index (χ3v) is 1.87. The van der Waals surface area contributed by atoms with Gasteiger partial charge in [-0.3, -0.25) is 4.68 Å². The highest BCUT2D eigenvalue weighted by Crippen LogP contribution is 2.17. The van der Waals surface area contributed by atoms with Crippen molar-refractivity contribution in [1.29, 1.82) is 0 Å². The van der Waals surface area contributed by atoms with E-state index in [0.29, 0.717) is 5.92 Å². The molecular formula is C7H11BrN2. The fraction of sp³-hybridized carbons (Fsp3) is 0.571. The summed E-state index contributed by atoms with van der Waals surface area (Å²) in [4.78, 5) is 0. The first-order valence-corrected chi connectivity index (χ1v) is 4.10. The summed E-state index contributed by atoms with van der Waals surface area (Å²) < 4.78 is 2.81. The summed E-state index contributed by atoms with van der Waals surface area (Å²) in [6.45, 7) is 4.31. The summed E-state index contributed by atoms with van der Waals surface area (Å²) in [6.07, 6.45) is 0. The number of aryl methyl sites for hydroxylation is 1. The van der Waals surface area contributed by atoms with Gasteiger partial charge in [0.25, 0.3) is 0 Å². The molecule has 3 heteroatoms. The van der Waals surface area contributed by atoms with E-state index >= 15 is 0 Å². The van der Waals surface area contributed by atoms with Crippen molar-refractivity contribution < 1.29 is 0 Å². The molecule has 0 aromatic carbocycles. The Bertz CT molecular complexity index is 228. The Kier molecular flexibility index (Phi) is 2.14. The standard InChI is InChI=1S/C7H11BrN2/c1-5(2)6-4-7(8)9-10(6)3/h4-5H,1-3H3. The minimum atomic E-state index is 0.545.